The quantitative estimate of drug-likeness (QED) is 0.707. The molecule has 4 nitrogen and oxygen atoms in total. The molecule has 1 aromatic rings. The Morgan fingerprint density at radius 1 is 1.37 bits per heavy atom. The summed E-state index contributed by atoms with van der Waals surface area (Å²) in [7, 11) is 1.60. The number of benzene rings is 1. The van der Waals surface area contributed by atoms with Crippen LogP contribution >= 0.6 is 0 Å². The number of hydrogen-bond donors (Lipinski definition) is 0. The van der Waals surface area contributed by atoms with Crippen molar-refractivity contribution in [2.24, 2.45) is 0 Å². The summed E-state index contributed by atoms with van der Waals surface area (Å²) in [5.41, 5.74) is 0.670. The number of carbonyl (C=O) groups excluding carboxylic acids is 1. The van der Waals surface area contributed by atoms with Gasteiger partial charge >= 0.3 is 0 Å². The van der Waals surface area contributed by atoms with Gasteiger partial charge in [0.15, 0.2) is 5.78 Å². The Labute approximate surface area is 114 Å². The van der Waals surface area contributed by atoms with Crippen LogP contribution in [0.4, 0.5) is 0 Å². The molecule has 0 radical (unpaired) electrons. The smallest absolute Gasteiger partial charge is 0.176 e. The highest BCUT2D eigenvalue weighted by molar-refractivity contribution is 5.97. The first kappa shape index (κ1) is 15.2. The number of nitriles is 1. The highest BCUT2D eigenvalue weighted by Crippen LogP contribution is 2.12. The van der Waals surface area contributed by atoms with Crippen LogP contribution < -0.4 is 4.74 Å². The minimum absolute atomic E-state index is 0.0642. The zero-order chi connectivity index (χ0) is 14.3. The van der Waals surface area contributed by atoms with Gasteiger partial charge in [0, 0.05) is 24.6 Å². The summed E-state index contributed by atoms with van der Waals surface area (Å²) in [6.45, 7) is 5.01. The summed E-state index contributed by atoms with van der Waals surface area (Å²) >= 11 is 0. The zero-order valence-electron chi connectivity index (χ0n) is 11.7. The van der Waals surface area contributed by atoms with E-state index in [-0.39, 0.29) is 11.8 Å². The maximum absolute atomic E-state index is 12.2. The minimum Gasteiger partial charge on any atom is -0.497 e. The monoisotopic (exact) mass is 260 g/mol. The van der Waals surface area contributed by atoms with Gasteiger partial charge in [-0.1, -0.05) is 0 Å². The second-order valence-corrected chi connectivity index (χ2v) is 4.62. The predicted octanol–water partition coefficient (Wildman–Crippen LogP) is 2.50. The maximum atomic E-state index is 12.2. The van der Waals surface area contributed by atoms with E-state index in [0.717, 1.165) is 5.75 Å². The fraction of sp³-hybridized carbons (Fsp3) is 0.467. The molecule has 0 heterocycles. The molecule has 102 valence electrons. The van der Waals surface area contributed by atoms with E-state index in [1.807, 2.05) is 18.7 Å². The van der Waals surface area contributed by atoms with Gasteiger partial charge < -0.3 is 4.74 Å². The minimum atomic E-state index is 0.0642. The predicted molar refractivity (Wildman–Crippen MR) is 74.3 cm³/mol. The van der Waals surface area contributed by atoms with E-state index in [2.05, 4.69) is 6.07 Å². The molecule has 4 heteroatoms. The number of ketones is 1. The Kier molecular flexibility index (Phi) is 6.04. The van der Waals surface area contributed by atoms with Crippen molar-refractivity contribution in [1.82, 2.24) is 4.90 Å². The number of ether oxygens (including phenoxy) is 1. The van der Waals surface area contributed by atoms with Crippen molar-refractivity contribution < 1.29 is 9.53 Å². The Bertz CT molecular complexity index is 446. The zero-order valence-corrected chi connectivity index (χ0v) is 11.7. The van der Waals surface area contributed by atoms with Gasteiger partial charge in [-0.15, -0.1) is 0 Å². The van der Waals surface area contributed by atoms with Crippen LogP contribution in [-0.4, -0.2) is 36.9 Å². The van der Waals surface area contributed by atoms with Crippen molar-refractivity contribution >= 4 is 5.78 Å². The molecule has 0 saturated carbocycles. The summed E-state index contributed by atoms with van der Waals surface area (Å²) in [5.74, 6) is 0.802. The normalized spacial score (nSPS) is 10.5. The first-order chi connectivity index (χ1) is 9.08. The molecule has 0 aliphatic rings. The Balaban J connectivity index is 2.67. The Hall–Kier alpha value is -1.86. The fourth-order valence-corrected chi connectivity index (χ4v) is 1.77. The molecule has 0 fully saturated rings. The van der Waals surface area contributed by atoms with Crippen LogP contribution in [0.2, 0.25) is 0 Å². The fourth-order valence-electron chi connectivity index (χ4n) is 1.77. The standard InChI is InChI=1S/C15H20N2O2/c1-12(2)17(10-4-9-16)11-15(18)13-5-7-14(19-3)8-6-13/h5-8,12H,4,10-11H2,1-3H3. The van der Waals surface area contributed by atoms with Gasteiger partial charge in [0.2, 0.25) is 0 Å². The summed E-state index contributed by atoms with van der Waals surface area (Å²) < 4.78 is 5.06. The highest BCUT2D eigenvalue weighted by atomic mass is 16.5. The van der Waals surface area contributed by atoms with Crippen molar-refractivity contribution in [2.75, 3.05) is 20.2 Å². The Morgan fingerprint density at radius 2 is 2.00 bits per heavy atom. The molecule has 0 aromatic heterocycles. The summed E-state index contributed by atoms with van der Waals surface area (Å²) in [5, 5.41) is 8.63. The van der Waals surface area contributed by atoms with Crippen LogP contribution in [0.25, 0.3) is 0 Å². The molecule has 1 rings (SSSR count). The third-order valence-corrected chi connectivity index (χ3v) is 3.00. The summed E-state index contributed by atoms with van der Waals surface area (Å²) in [4.78, 5) is 14.2. The van der Waals surface area contributed by atoms with Crippen molar-refractivity contribution in [3.05, 3.63) is 29.8 Å². The third kappa shape index (κ3) is 4.72. The maximum Gasteiger partial charge on any atom is 0.176 e. The van der Waals surface area contributed by atoms with E-state index < -0.39 is 0 Å². The molecular weight excluding hydrogens is 240 g/mol. The van der Waals surface area contributed by atoms with Gasteiger partial charge in [-0.05, 0) is 38.1 Å². The summed E-state index contributed by atoms with van der Waals surface area (Å²) in [6, 6.07) is 9.45. The highest BCUT2D eigenvalue weighted by Gasteiger charge is 2.15. The van der Waals surface area contributed by atoms with Crippen molar-refractivity contribution in [2.45, 2.75) is 26.3 Å². The topological polar surface area (TPSA) is 53.3 Å². The molecule has 0 saturated heterocycles. The summed E-state index contributed by atoms with van der Waals surface area (Å²) in [6.07, 6.45) is 0.439. The van der Waals surface area contributed by atoms with Gasteiger partial charge in [0.1, 0.15) is 5.75 Å². The molecule has 0 spiro atoms. The molecule has 1 aromatic carbocycles. The third-order valence-electron chi connectivity index (χ3n) is 3.00. The van der Waals surface area contributed by atoms with Crippen LogP contribution in [0, 0.1) is 11.3 Å². The number of Topliss-reactive ketones (excluding diaryl/α,β-unsaturated/α-hetero) is 1. The lowest BCUT2D eigenvalue weighted by Gasteiger charge is -2.24. The molecule has 0 aliphatic heterocycles. The van der Waals surface area contributed by atoms with Gasteiger partial charge in [-0.25, -0.2) is 0 Å². The lowest BCUT2D eigenvalue weighted by atomic mass is 10.1. The van der Waals surface area contributed by atoms with E-state index in [1.165, 1.54) is 0 Å². The van der Waals surface area contributed by atoms with Crippen molar-refractivity contribution in [1.29, 1.82) is 5.26 Å². The number of hydrogen-bond acceptors (Lipinski definition) is 4. The number of rotatable bonds is 7. The second-order valence-electron chi connectivity index (χ2n) is 4.62. The van der Waals surface area contributed by atoms with Gasteiger partial charge in [0.25, 0.3) is 0 Å². The number of nitrogens with zero attached hydrogens (tertiary/aromatic N) is 2. The molecule has 0 amide bonds. The molecule has 0 N–H and O–H groups in total. The van der Waals surface area contributed by atoms with Crippen LogP contribution in [0.15, 0.2) is 24.3 Å². The molecule has 0 bridgehead atoms. The van der Waals surface area contributed by atoms with Crippen LogP contribution in [0.1, 0.15) is 30.6 Å². The van der Waals surface area contributed by atoms with Crippen LogP contribution in [0.3, 0.4) is 0 Å². The Morgan fingerprint density at radius 3 is 2.47 bits per heavy atom. The SMILES string of the molecule is COc1ccc(C(=O)CN(CCC#N)C(C)C)cc1. The van der Waals surface area contributed by atoms with E-state index in [0.29, 0.717) is 25.1 Å². The molecular formula is C15H20N2O2. The average molecular weight is 260 g/mol. The van der Waals surface area contributed by atoms with Crippen LogP contribution in [-0.2, 0) is 0 Å². The lowest BCUT2D eigenvalue weighted by Crippen LogP contribution is -2.36. The van der Waals surface area contributed by atoms with E-state index in [1.54, 1.807) is 31.4 Å². The molecule has 19 heavy (non-hydrogen) atoms. The van der Waals surface area contributed by atoms with Crippen LogP contribution in [0.5, 0.6) is 5.75 Å². The lowest BCUT2D eigenvalue weighted by molar-refractivity contribution is 0.0908. The van der Waals surface area contributed by atoms with Crippen molar-refractivity contribution in [3.63, 3.8) is 0 Å². The number of methoxy groups -OCH3 is 1. The van der Waals surface area contributed by atoms with E-state index in [9.17, 15) is 4.79 Å². The molecule has 0 atom stereocenters. The molecule has 0 aliphatic carbocycles. The second kappa shape index (κ2) is 7.55. The van der Waals surface area contributed by atoms with Gasteiger partial charge in [0.05, 0.1) is 19.7 Å². The first-order valence-corrected chi connectivity index (χ1v) is 6.36. The van der Waals surface area contributed by atoms with Gasteiger partial charge in [-0.3, -0.25) is 9.69 Å². The first-order valence-electron chi connectivity index (χ1n) is 6.36. The van der Waals surface area contributed by atoms with E-state index in [4.69, 9.17) is 10.00 Å². The number of carbonyl (C=O) groups is 1. The van der Waals surface area contributed by atoms with E-state index >= 15 is 0 Å². The average Bonchev–Trinajstić information content (AvgIpc) is 2.43. The largest absolute Gasteiger partial charge is 0.497 e. The van der Waals surface area contributed by atoms with Crippen molar-refractivity contribution in [3.8, 4) is 11.8 Å². The van der Waals surface area contributed by atoms with Gasteiger partial charge in [-0.2, -0.15) is 5.26 Å². The molecule has 0 unspecified atom stereocenters.